The van der Waals surface area contributed by atoms with Crippen molar-refractivity contribution < 1.29 is 27.1 Å². The van der Waals surface area contributed by atoms with E-state index in [9.17, 15) is 17.6 Å². The second kappa shape index (κ2) is 8.68. The Morgan fingerprint density at radius 1 is 1.19 bits per heavy atom. The van der Waals surface area contributed by atoms with Gasteiger partial charge in [-0.15, -0.1) is 0 Å². The fraction of sp³-hybridized carbons (Fsp3) is 0.235. The standard InChI is InChI=1S/C17H18BrFN2O5S/c1-21(2)27(23,24)12-5-7-16(25-3)14(9-12)20-17(22)10-26-15-6-4-11(18)8-13(15)19/h4-9H,10H2,1-3H3,(H,20,22). The first-order chi connectivity index (χ1) is 12.6. The van der Waals surface area contributed by atoms with Gasteiger partial charge in [-0.25, -0.2) is 17.1 Å². The summed E-state index contributed by atoms with van der Waals surface area (Å²) in [5, 5.41) is 2.51. The Morgan fingerprint density at radius 3 is 2.44 bits per heavy atom. The Bertz CT molecular complexity index is 950. The summed E-state index contributed by atoms with van der Waals surface area (Å²) in [5.41, 5.74) is 0.158. The fourth-order valence-electron chi connectivity index (χ4n) is 2.08. The van der Waals surface area contributed by atoms with E-state index in [4.69, 9.17) is 9.47 Å². The third-order valence-corrected chi connectivity index (χ3v) is 5.78. The summed E-state index contributed by atoms with van der Waals surface area (Å²) < 4.78 is 50.1. The van der Waals surface area contributed by atoms with Crippen LogP contribution in [0.2, 0.25) is 0 Å². The molecule has 1 amide bonds. The fourth-order valence-corrected chi connectivity index (χ4v) is 3.34. The summed E-state index contributed by atoms with van der Waals surface area (Å²) >= 11 is 3.13. The number of ether oxygens (including phenoxy) is 2. The van der Waals surface area contributed by atoms with Crippen molar-refractivity contribution in [2.24, 2.45) is 0 Å². The van der Waals surface area contributed by atoms with Gasteiger partial charge in [-0.3, -0.25) is 4.79 Å². The van der Waals surface area contributed by atoms with Crippen molar-refractivity contribution in [3.8, 4) is 11.5 Å². The molecule has 7 nitrogen and oxygen atoms in total. The first kappa shape index (κ1) is 21.1. The third kappa shape index (κ3) is 5.18. The molecule has 0 aliphatic carbocycles. The maximum Gasteiger partial charge on any atom is 0.262 e. The number of hydrogen-bond acceptors (Lipinski definition) is 5. The van der Waals surface area contributed by atoms with Crippen molar-refractivity contribution in [3.63, 3.8) is 0 Å². The number of carbonyl (C=O) groups is 1. The lowest BCUT2D eigenvalue weighted by Gasteiger charge is -2.15. The number of halogens is 2. The van der Waals surface area contributed by atoms with Crippen molar-refractivity contribution >= 4 is 37.5 Å². The Kier molecular flexibility index (Phi) is 6.79. The van der Waals surface area contributed by atoms with Crippen molar-refractivity contribution in [2.75, 3.05) is 33.1 Å². The molecule has 0 saturated heterocycles. The van der Waals surface area contributed by atoms with E-state index in [0.29, 0.717) is 4.47 Å². The lowest BCUT2D eigenvalue weighted by Crippen LogP contribution is -2.23. The number of nitrogens with one attached hydrogen (secondary N) is 1. The number of carbonyl (C=O) groups excluding carboxylic acids is 1. The molecule has 2 aromatic rings. The van der Waals surface area contributed by atoms with Gasteiger partial charge in [0.15, 0.2) is 18.2 Å². The van der Waals surface area contributed by atoms with Gasteiger partial charge in [-0.05, 0) is 36.4 Å². The molecule has 2 rings (SSSR count). The van der Waals surface area contributed by atoms with Gasteiger partial charge in [0.2, 0.25) is 10.0 Å². The highest BCUT2D eigenvalue weighted by Crippen LogP contribution is 2.28. The molecule has 0 heterocycles. The van der Waals surface area contributed by atoms with Gasteiger partial charge in [0.05, 0.1) is 17.7 Å². The molecule has 0 aromatic heterocycles. The monoisotopic (exact) mass is 460 g/mol. The maximum atomic E-state index is 13.7. The molecule has 0 radical (unpaired) electrons. The summed E-state index contributed by atoms with van der Waals surface area (Å²) in [5.74, 6) is -1.02. The average Bonchev–Trinajstić information content (AvgIpc) is 2.60. The SMILES string of the molecule is COc1ccc(S(=O)(=O)N(C)C)cc1NC(=O)COc1ccc(Br)cc1F. The van der Waals surface area contributed by atoms with E-state index < -0.39 is 28.4 Å². The van der Waals surface area contributed by atoms with E-state index in [1.54, 1.807) is 6.07 Å². The molecule has 10 heteroatoms. The van der Waals surface area contributed by atoms with Crippen LogP contribution in [-0.4, -0.2) is 46.4 Å². The minimum Gasteiger partial charge on any atom is -0.495 e. The average molecular weight is 461 g/mol. The smallest absolute Gasteiger partial charge is 0.262 e. The maximum absolute atomic E-state index is 13.7. The summed E-state index contributed by atoms with van der Waals surface area (Å²) in [6, 6.07) is 8.27. The summed E-state index contributed by atoms with van der Waals surface area (Å²) in [6.45, 7) is -0.466. The van der Waals surface area contributed by atoms with Crippen LogP contribution < -0.4 is 14.8 Å². The van der Waals surface area contributed by atoms with Gasteiger partial charge in [-0.1, -0.05) is 15.9 Å². The van der Waals surface area contributed by atoms with Crippen molar-refractivity contribution in [3.05, 3.63) is 46.7 Å². The van der Waals surface area contributed by atoms with E-state index in [1.807, 2.05) is 0 Å². The Morgan fingerprint density at radius 2 is 1.85 bits per heavy atom. The van der Waals surface area contributed by atoms with Crippen molar-refractivity contribution in [2.45, 2.75) is 4.90 Å². The molecule has 0 saturated carbocycles. The number of amides is 1. The molecule has 0 unspecified atom stereocenters. The molecule has 0 bridgehead atoms. The molecule has 0 fully saturated rings. The summed E-state index contributed by atoms with van der Waals surface area (Å²) in [6.07, 6.45) is 0. The lowest BCUT2D eigenvalue weighted by atomic mass is 10.3. The lowest BCUT2D eigenvalue weighted by molar-refractivity contribution is -0.118. The van der Waals surface area contributed by atoms with Crippen LogP contribution in [0.15, 0.2) is 45.8 Å². The largest absolute Gasteiger partial charge is 0.495 e. The molecule has 27 heavy (non-hydrogen) atoms. The number of hydrogen-bond donors (Lipinski definition) is 1. The predicted molar refractivity (Wildman–Crippen MR) is 102 cm³/mol. The van der Waals surface area contributed by atoms with Gasteiger partial charge in [0.25, 0.3) is 5.91 Å². The van der Waals surface area contributed by atoms with Crippen LogP contribution >= 0.6 is 15.9 Å². The Hall–Kier alpha value is -2.17. The Balaban J connectivity index is 2.16. The number of benzene rings is 2. The second-order valence-corrected chi connectivity index (χ2v) is 8.63. The first-order valence-corrected chi connectivity index (χ1v) is 9.86. The Labute approximate surface area is 165 Å². The first-order valence-electron chi connectivity index (χ1n) is 7.63. The number of anilines is 1. The summed E-state index contributed by atoms with van der Waals surface area (Å²) in [7, 11) is 0.506. The zero-order chi connectivity index (χ0) is 20.2. The topological polar surface area (TPSA) is 84.9 Å². The van der Waals surface area contributed by atoms with Gasteiger partial charge in [0.1, 0.15) is 5.75 Å². The van der Waals surface area contributed by atoms with Crippen LogP contribution in [0.3, 0.4) is 0 Å². The third-order valence-electron chi connectivity index (χ3n) is 3.48. The van der Waals surface area contributed by atoms with Crippen molar-refractivity contribution in [1.82, 2.24) is 4.31 Å². The van der Waals surface area contributed by atoms with Gasteiger partial charge < -0.3 is 14.8 Å². The number of methoxy groups -OCH3 is 1. The molecule has 146 valence electrons. The number of sulfonamides is 1. The second-order valence-electron chi connectivity index (χ2n) is 5.56. The molecule has 0 spiro atoms. The normalized spacial score (nSPS) is 11.3. The minimum atomic E-state index is -3.68. The predicted octanol–water partition coefficient (Wildman–Crippen LogP) is 2.86. The van der Waals surface area contributed by atoms with E-state index >= 15 is 0 Å². The molecular formula is C17H18BrFN2O5S. The van der Waals surface area contributed by atoms with Crippen LogP contribution in [0.25, 0.3) is 0 Å². The molecule has 0 aliphatic rings. The summed E-state index contributed by atoms with van der Waals surface area (Å²) in [4.78, 5) is 12.1. The quantitative estimate of drug-likeness (QED) is 0.686. The molecule has 2 aromatic carbocycles. The molecule has 0 aliphatic heterocycles. The zero-order valence-corrected chi connectivity index (χ0v) is 17.2. The van der Waals surface area contributed by atoms with Crippen LogP contribution in [0, 0.1) is 5.82 Å². The van der Waals surface area contributed by atoms with Crippen molar-refractivity contribution in [1.29, 1.82) is 0 Å². The highest BCUT2D eigenvalue weighted by molar-refractivity contribution is 9.10. The highest BCUT2D eigenvalue weighted by Gasteiger charge is 2.20. The molecule has 1 N–H and O–H groups in total. The number of rotatable bonds is 7. The molecule has 0 atom stereocenters. The van der Waals surface area contributed by atoms with Crippen LogP contribution in [0.5, 0.6) is 11.5 Å². The van der Waals surface area contributed by atoms with Gasteiger partial charge in [0, 0.05) is 18.6 Å². The number of nitrogens with zero attached hydrogens (tertiary/aromatic N) is 1. The van der Waals surface area contributed by atoms with Crippen LogP contribution in [0.1, 0.15) is 0 Å². The zero-order valence-electron chi connectivity index (χ0n) is 14.8. The van der Waals surface area contributed by atoms with E-state index in [1.165, 1.54) is 51.5 Å². The highest BCUT2D eigenvalue weighted by atomic mass is 79.9. The van der Waals surface area contributed by atoms with Crippen LogP contribution in [-0.2, 0) is 14.8 Å². The van der Waals surface area contributed by atoms with E-state index in [-0.39, 0.29) is 22.1 Å². The minimum absolute atomic E-state index is 0.0107. The van der Waals surface area contributed by atoms with Gasteiger partial charge in [-0.2, -0.15) is 0 Å². The van der Waals surface area contributed by atoms with Gasteiger partial charge >= 0.3 is 0 Å². The molecular weight excluding hydrogens is 443 g/mol. The van der Waals surface area contributed by atoms with E-state index in [2.05, 4.69) is 21.2 Å². The van der Waals surface area contributed by atoms with Crippen LogP contribution in [0.4, 0.5) is 10.1 Å². The van der Waals surface area contributed by atoms with E-state index in [0.717, 1.165) is 4.31 Å².